The van der Waals surface area contributed by atoms with Crippen LogP contribution in [0.4, 0.5) is 5.82 Å². The first kappa shape index (κ1) is 16.4. The zero-order valence-electron chi connectivity index (χ0n) is 15.5. The van der Waals surface area contributed by atoms with Crippen LogP contribution >= 0.6 is 0 Å². The van der Waals surface area contributed by atoms with E-state index in [1.54, 1.807) is 0 Å². The molecule has 1 saturated carbocycles. The minimum atomic E-state index is -0.0429. The molecule has 0 aromatic carbocycles. The van der Waals surface area contributed by atoms with Gasteiger partial charge in [0.2, 0.25) is 5.91 Å². The number of rotatable bonds is 3. The second-order valence-electron chi connectivity index (χ2n) is 8.55. The van der Waals surface area contributed by atoms with Gasteiger partial charge in [0.25, 0.3) is 0 Å². The summed E-state index contributed by atoms with van der Waals surface area (Å²) in [5.74, 6) is 2.04. The first-order valence-corrected chi connectivity index (χ1v) is 9.46. The topological polar surface area (TPSA) is 49.6 Å². The number of fused-ring (bicyclic) bond motifs is 1. The highest BCUT2D eigenvalue weighted by molar-refractivity contribution is 5.81. The maximum Gasteiger partial charge on any atom is 0.225 e. The fourth-order valence-corrected chi connectivity index (χ4v) is 3.77. The van der Waals surface area contributed by atoms with Gasteiger partial charge >= 0.3 is 0 Å². The lowest BCUT2D eigenvalue weighted by molar-refractivity contribution is -0.133. The Morgan fingerprint density at radius 3 is 2.76 bits per heavy atom. The highest BCUT2D eigenvalue weighted by atomic mass is 16.2. The molecule has 0 bridgehead atoms. The number of hydrogen-bond donors (Lipinski definition) is 1. The van der Waals surface area contributed by atoms with Crippen molar-refractivity contribution in [2.75, 3.05) is 18.4 Å². The molecule has 1 atom stereocenters. The SMILES string of the molecule is CC(C)(C)Nc1c(C2CCCN(C(=O)C3CC3)C2)nc2ccccn12. The second kappa shape index (κ2) is 6.04. The minimum absolute atomic E-state index is 0.0429. The molecule has 1 N–H and O–H groups in total. The van der Waals surface area contributed by atoms with Crippen molar-refractivity contribution in [3.63, 3.8) is 0 Å². The van der Waals surface area contributed by atoms with Gasteiger partial charge in [0.15, 0.2) is 0 Å². The van der Waals surface area contributed by atoms with Gasteiger partial charge in [0.05, 0.1) is 5.69 Å². The van der Waals surface area contributed by atoms with Gasteiger partial charge < -0.3 is 10.2 Å². The van der Waals surface area contributed by atoms with Crippen LogP contribution in [-0.2, 0) is 4.79 Å². The molecule has 5 heteroatoms. The molecular weight excluding hydrogens is 312 g/mol. The van der Waals surface area contributed by atoms with Gasteiger partial charge in [-0.2, -0.15) is 0 Å². The number of piperidine rings is 1. The quantitative estimate of drug-likeness (QED) is 0.928. The molecule has 5 nitrogen and oxygen atoms in total. The average molecular weight is 340 g/mol. The van der Waals surface area contributed by atoms with E-state index in [1.807, 2.05) is 18.2 Å². The molecule has 2 fully saturated rings. The zero-order chi connectivity index (χ0) is 17.6. The molecule has 3 heterocycles. The minimum Gasteiger partial charge on any atom is -0.365 e. The van der Waals surface area contributed by atoms with Crippen molar-refractivity contribution >= 4 is 17.4 Å². The second-order valence-corrected chi connectivity index (χ2v) is 8.55. The zero-order valence-corrected chi connectivity index (χ0v) is 15.5. The molecule has 2 aromatic rings. The number of carbonyl (C=O) groups is 1. The standard InChI is InChI=1S/C20H28N4O/c1-20(2,3)22-18-17(21-16-8-4-5-12-24(16)18)15-7-6-11-23(13-15)19(25)14-9-10-14/h4-5,8,12,14-15,22H,6-7,9-11,13H2,1-3H3. The van der Waals surface area contributed by atoms with Crippen molar-refractivity contribution in [3.05, 3.63) is 30.1 Å². The van der Waals surface area contributed by atoms with Gasteiger partial charge in [-0.15, -0.1) is 0 Å². The van der Waals surface area contributed by atoms with Crippen LogP contribution in [0, 0.1) is 5.92 Å². The first-order chi connectivity index (χ1) is 11.9. The summed E-state index contributed by atoms with van der Waals surface area (Å²) in [6, 6.07) is 6.11. The molecule has 1 amide bonds. The summed E-state index contributed by atoms with van der Waals surface area (Å²) in [7, 11) is 0. The smallest absolute Gasteiger partial charge is 0.225 e. The average Bonchev–Trinajstić information content (AvgIpc) is 3.37. The van der Waals surface area contributed by atoms with E-state index >= 15 is 0 Å². The fraction of sp³-hybridized carbons (Fsp3) is 0.600. The summed E-state index contributed by atoms with van der Waals surface area (Å²) >= 11 is 0. The molecule has 1 saturated heterocycles. The van der Waals surface area contributed by atoms with Crippen molar-refractivity contribution < 1.29 is 4.79 Å². The number of hydrogen-bond acceptors (Lipinski definition) is 3. The summed E-state index contributed by atoms with van der Waals surface area (Å²) in [6.45, 7) is 8.22. The van der Waals surface area contributed by atoms with E-state index in [4.69, 9.17) is 4.98 Å². The van der Waals surface area contributed by atoms with E-state index < -0.39 is 0 Å². The Bertz CT molecular complexity index is 785. The van der Waals surface area contributed by atoms with Crippen molar-refractivity contribution in [2.45, 2.75) is 57.9 Å². The Labute approximate surface area is 149 Å². The number of nitrogens with zero attached hydrogens (tertiary/aromatic N) is 3. The number of pyridine rings is 1. The van der Waals surface area contributed by atoms with Gasteiger partial charge in [-0.05, 0) is 58.6 Å². The summed E-state index contributed by atoms with van der Waals surface area (Å²) in [6.07, 6.45) is 6.37. The van der Waals surface area contributed by atoms with E-state index in [0.717, 1.165) is 55.9 Å². The van der Waals surface area contributed by atoms with E-state index in [1.165, 1.54) is 0 Å². The Morgan fingerprint density at radius 2 is 2.04 bits per heavy atom. The number of likely N-dealkylation sites (tertiary alicyclic amines) is 1. The first-order valence-electron chi connectivity index (χ1n) is 9.46. The van der Waals surface area contributed by atoms with Gasteiger partial charge in [-0.25, -0.2) is 4.98 Å². The third-order valence-electron chi connectivity index (χ3n) is 5.10. The lowest BCUT2D eigenvalue weighted by Gasteiger charge is -2.33. The summed E-state index contributed by atoms with van der Waals surface area (Å²) < 4.78 is 2.14. The molecule has 0 spiro atoms. The lowest BCUT2D eigenvalue weighted by Crippen LogP contribution is -2.40. The van der Waals surface area contributed by atoms with Crippen LogP contribution in [0.5, 0.6) is 0 Å². The Hall–Kier alpha value is -2.04. The number of anilines is 1. The molecule has 1 aliphatic carbocycles. The van der Waals surface area contributed by atoms with Crippen LogP contribution in [0.2, 0.25) is 0 Å². The van der Waals surface area contributed by atoms with Gasteiger partial charge in [0, 0.05) is 36.7 Å². The highest BCUT2D eigenvalue weighted by Gasteiger charge is 2.36. The van der Waals surface area contributed by atoms with Crippen molar-refractivity contribution in [3.8, 4) is 0 Å². The normalized spacial score (nSPS) is 21.6. The van der Waals surface area contributed by atoms with E-state index in [0.29, 0.717) is 17.7 Å². The van der Waals surface area contributed by atoms with Crippen LogP contribution < -0.4 is 5.32 Å². The predicted octanol–water partition coefficient (Wildman–Crippen LogP) is 3.66. The maximum absolute atomic E-state index is 12.5. The number of imidazole rings is 1. The van der Waals surface area contributed by atoms with Crippen LogP contribution in [0.1, 0.15) is 58.1 Å². The lowest BCUT2D eigenvalue weighted by atomic mass is 9.94. The van der Waals surface area contributed by atoms with Crippen LogP contribution in [0.15, 0.2) is 24.4 Å². The highest BCUT2D eigenvalue weighted by Crippen LogP contribution is 2.36. The van der Waals surface area contributed by atoms with Gasteiger partial charge in [-0.1, -0.05) is 6.07 Å². The Morgan fingerprint density at radius 1 is 1.24 bits per heavy atom. The fourth-order valence-electron chi connectivity index (χ4n) is 3.77. The van der Waals surface area contributed by atoms with Crippen molar-refractivity contribution in [2.24, 2.45) is 5.92 Å². The molecule has 1 aliphatic heterocycles. The summed E-state index contributed by atoms with van der Waals surface area (Å²) in [4.78, 5) is 19.5. The third-order valence-corrected chi connectivity index (χ3v) is 5.10. The number of aromatic nitrogens is 2. The predicted molar refractivity (Wildman–Crippen MR) is 99.8 cm³/mol. The van der Waals surface area contributed by atoms with Crippen LogP contribution in [0.3, 0.4) is 0 Å². The molecule has 0 radical (unpaired) electrons. The Balaban J connectivity index is 1.67. The van der Waals surface area contributed by atoms with Crippen LogP contribution in [-0.4, -0.2) is 38.8 Å². The Kier molecular flexibility index (Phi) is 3.97. The molecular formula is C20H28N4O. The van der Waals surface area contributed by atoms with Crippen molar-refractivity contribution in [1.29, 1.82) is 0 Å². The molecule has 1 unspecified atom stereocenters. The van der Waals surface area contributed by atoms with Gasteiger partial charge in [0.1, 0.15) is 11.5 Å². The van der Waals surface area contributed by atoms with Crippen LogP contribution in [0.25, 0.3) is 5.65 Å². The number of nitrogens with one attached hydrogen (secondary N) is 1. The molecule has 2 aliphatic rings. The molecule has 25 heavy (non-hydrogen) atoms. The number of carbonyl (C=O) groups excluding carboxylic acids is 1. The summed E-state index contributed by atoms with van der Waals surface area (Å²) in [5, 5.41) is 3.65. The van der Waals surface area contributed by atoms with E-state index in [2.05, 4.69) is 41.6 Å². The van der Waals surface area contributed by atoms with Crippen molar-refractivity contribution in [1.82, 2.24) is 14.3 Å². The molecule has 134 valence electrons. The molecule has 2 aromatic heterocycles. The molecule has 4 rings (SSSR count). The number of amides is 1. The largest absolute Gasteiger partial charge is 0.365 e. The third kappa shape index (κ3) is 3.37. The van der Waals surface area contributed by atoms with E-state index in [-0.39, 0.29) is 5.54 Å². The monoisotopic (exact) mass is 340 g/mol. The van der Waals surface area contributed by atoms with Gasteiger partial charge in [-0.3, -0.25) is 9.20 Å². The summed E-state index contributed by atoms with van der Waals surface area (Å²) in [5.41, 5.74) is 2.03. The maximum atomic E-state index is 12.5. The van der Waals surface area contributed by atoms with E-state index in [9.17, 15) is 4.79 Å².